The molecule has 0 unspecified atom stereocenters. The number of hydrogen-bond donors (Lipinski definition) is 1. The van der Waals surface area contributed by atoms with E-state index in [1.165, 1.54) is 0 Å². The lowest BCUT2D eigenvalue weighted by Crippen LogP contribution is -2.22. The Morgan fingerprint density at radius 3 is 2.79 bits per heavy atom. The Morgan fingerprint density at radius 2 is 2.21 bits per heavy atom. The van der Waals surface area contributed by atoms with Gasteiger partial charge in [-0.1, -0.05) is 17.7 Å². The second kappa shape index (κ2) is 5.27. The quantitative estimate of drug-likeness (QED) is 0.489. The highest BCUT2D eigenvalue weighted by Crippen LogP contribution is 2.21. The van der Waals surface area contributed by atoms with Crippen molar-refractivity contribution in [2.45, 2.75) is 4.90 Å². The second-order valence-electron chi connectivity index (χ2n) is 3.09. The van der Waals surface area contributed by atoms with Gasteiger partial charge in [0.1, 0.15) is 5.84 Å². The van der Waals surface area contributed by atoms with Crippen LogP contribution in [0.2, 0.25) is 5.02 Å². The van der Waals surface area contributed by atoms with Crippen LogP contribution in [0.5, 0.6) is 0 Å². The zero-order valence-electron chi connectivity index (χ0n) is 8.25. The van der Waals surface area contributed by atoms with Gasteiger partial charge in [0.05, 0.1) is 5.75 Å². The predicted molar refractivity (Wildman–Crippen MR) is 63.6 cm³/mol. The fourth-order valence-electron chi connectivity index (χ4n) is 0.838. The zero-order chi connectivity index (χ0) is 10.6. The maximum Gasteiger partial charge on any atom is 0.106 e. The molecule has 76 valence electrons. The van der Waals surface area contributed by atoms with Crippen LogP contribution in [0, 0.1) is 5.41 Å². The second-order valence-corrected chi connectivity index (χ2v) is 4.57. The number of halogens is 1. The van der Waals surface area contributed by atoms with Gasteiger partial charge in [-0.2, -0.15) is 0 Å². The molecule has 0 fully saturated rings. The summed E-state index contributed by atoms with van der Waals surface area (Å²) in [4.78, 5) is 2.90. The van der Waals surface area contributed by atoms with Crippen LogP contribution in [0.25, 0.3) is 0 Å². The Bertz CT molecular complexity index is 326. The summed E-state index contributed by atoms with van der Waals surface area (Å²) in [6.45, 7) is 0. The summed E-state index contributed by atoms with van der Waals surface area (Å²) in [6.07, 6.45) is 0. The van der Waals surface area contributed by atoms with E-state index in [-0.39, 0.29) is 0 Å². The summed E-state index contributed by atoms with van der Waals surface area (Å²) in [7, 11) is 3.75. The van der Waals surface area contributed by atoms with Crippen LogP contribution >= 0.6 is 23.4 Å². The first kappa shape index (κ1) is 11.4. The highest BCUT2D eigenvalue weighted by Gasteiger charge is 2.00. The van der Waals surface area contributed by atoms with Crippen LogP contribution in [0.4, 0.5) is 0 Å². The minimum absolute atomic E-state index is 0.606. The SMILES string of the molecule is CN(C)C(=N)CSc1cccc(Cl)c1. The molecule has 2 nitrogen and oxygen atoms in total. The number of thioether (sulfide) groups is 1. The van der Waals surface area contributed by atoms with Crippen molar-refractivity contribution < 1.29 is 0 Å². The summed E-state index contributed by atoms with van der Waals surface area (Å²) in [6, 6.07) is 7.68. The standard InChI is InChI=1S/C10H13ClN2S/c1-13(2)10(12)7-14-9-5-3-4-8(11)6-9/h3-6,12H,7H2,1-2H3. The summed E-state index contributed by atoms with van der Waals surface area (Å²) in [5.74, 6) is 1.28. The number of benzene rings is 1. The lowest BCUT2D eigenvalue weighted by atomic mass is 10.4. The molecular formula is C10H13ClN2S. The lowest BCUT2D eigenvalue weighted by Gasteiger charge is -2.12. The Labute approximate surface area is 93.8 Å². The van der Waals surface area contributed by atoms with Gasteiger partial charge >= 0.3 is 0 Å². The molecule has 0 saturated heterocycles. The molecule has 0 atom stereocenters. The minimum atomic E-state index is 0.606. The smallest absolute Gasteiger partial charge is 0.106 e. The molecule has 0 aliphatic rings. The van der Waals surface area contributed by atoms with Gasteiger partial charge in [0.2, 0.25) is 0 Å². The van der Waals surface area contributed by atoms with Crippen molar-refractivity contribution in [2.75, 3.05) is 19.8 Å². The molecule has 4 heteroatoms. The molecule has 1 rings (SSSR count). The summed E-state index contributed by atoms with van der Waals surface area (Å²) in [5, 5.41) is 8.36. The number of nitrogens with one attached hydrogen (secondary N) is 1. The zero-order valence-corrected chi connectivity index (χ0v) is 9.82. The van der Waals surface area contributed by atoms with E-state index in [9.17, 15) is 0 Å². The van der Waals surface area contributed by atoms with Crippen LogP contribution in [-0.4, -0.2) is 30.6 Å². The van der Waals surface area contributed by atoms with Crippen LogP contribution in [0.1, 0.15) is 0 Å². The van der Waals surface area contributed by atoms with E-state index in [1.807, 2.05) is 38.4 Å². The van der Waals surface area contributed by atoms with Gasteiger partial charge in [-0.05, 0) is 18.2 Å². The van der Waals surface area contributed by atoms with Crippen LogP contribution in [-0.2, 0) is 0 Å². The van der Waals surface area contributed by atoms with Crippen molar-refractivity contribution in [3.05, 3.63) is 29.3 Å². The van der Waals surface area contributed by atoms with Crippen LogP contribution in [0.3, 0.4) is 0 Å². The van der Waals surface area contributed by atoms with Crippen LogP contribution in [0.15, 0.2) is 29.2 Å². The van der Waals surface area contributed by atoms with Crippen molar-refractivity contribution >= 4 is 29.2 Å². The molecule has 1 N–H and O–H groups in total. The molecule has 0 aromatic heterocycles. The Balaban J connectivity index is 2.50. The largest absolute Gasteiger partial charge is 0.366 e. The van der Waals surface area contributed by atoms with Gasteiger partial charge in [0, 0.05) is 24.0 Å². The van der Waals surface area contributed by atoms with E-state index >= 15 is 0 Å². The number of rotatable bonds is 3. The molecule has 1 aromatic carbocycles. The van der Waals surface area contributed by atoms with Gasteiger partial charge in [-0.25, -0.2) is 0 Å². The Morgan fingerprint density at radius 1 is 1.50 bits per heavy atom. The molecule has 0 heterocycles. The fraction of sp³-hybridized carbons (Fsp3) is 0.300. The third kappa shape index (κ3) is 3.60. The van der Waals surface area contributed by atoms with E-state index in [2.05, 4.69) is 0 Å². The predicted octanol–water partition coefficient (Wildman–Crippen LogP) is 2.97. The minimum Gasteiger partial charge on any atom is -0.366 e. The van der Waals surface area contributed by atoms with Crippen molar-refractivity contribution in [1.29, 1.82) is 5.41 Å². The highest BCUT2D eigenvalue weighted by atomic mass is 35.5. The first-order valence-corrected chi connectivity index (χ1v) is 5.59. The summed E-state index contributed by atoms with van der Waals surface area (Å²) in [5.41, 5.74) is 0. The van der Waals surface area contributed by atoms with E-state index < -0.39 is 0 Å². The van der Waals surface area contributed by atoms with Gasteiger partial charge in [-0.15, -0.1) is 11.8 Å². The van der Waals surface area contributed by atoms with E-state index in [4.69, 9.17) is 17.0 Å². The summed E-state index contributed by atoms with van der Waals surface area (Å²) < 4.78 is 0. The van der Waals surface area contributed by atoms with Crippen molar-refractivity contribution in [3.63, 3.8) is 0 Å². The molecule has 0 amide bonds. The molecule has 0 saturated carbocycles. The van der Waals surface area contributed by atoms with Gasteiger partial charge in [0.15, 0.2) is 0 Å². The molecule has 14 heavy (non-hydrogen) atoms. The van der Waals surface area contributed by atoms with E-state index in [0.29, 0.717) is 11.6 Å². The first-order chi connectivity index (χ1) is 6.59. The number of nitrogens with zero attached hydrogens (tertiary/aromatic N) is 1. The maximum atomic E-state index is 7.62. The van der Waals surface area contributed by atoms with Gasteiger partial charge < -0.3 is 4.90 Å². The monoisotopic (exact) mass is 228 g/mol. The van der Waals surface area contributed by atoms with Gasteiger partial charge in [-0.3, -0.25) is 5.41 Å². The lowest BCUT2D eigenvalue weighted by molar-refractivity contribution is 0.615. The molecule has 0 spiro atoms. The average molecular weight is 229 g/mol. The van der Waals surface area contributed by atoms with Crippen molar-refractivity contribution in [1.82, 2.24) is 4.90 Å². The number of hydrogen-bond acceptors (Lipinski definition) is 2. The van der Waals surface area contributed by atoms with Crippen molar-refractivity contribution in [2.24, 2.45) is 0 Å². The molecule has 0 radical (unpaired) electrons. The highest BCUT2D eigenvalue weighted by molar-refractivity contribution is 8.00. The topological polar surface area (TPSA) is 27.1 Å². The molecule has 0 aliphatic heterocycles. The molecule has 0 aliphatic carbocycles. The maximum absolute atomic E-state index is 7.62. The third-order valence-electron chi connectivity index (χ3n) is 1.71. The Hall–Kier alpha value is -0.670. The van der Waals surface area contributed by atoms with E-state index in [0.717, 1.165) is 9.92 Å². The van der Waals surface area contributed by atoms with E-state index in [1.54, 1.807) is 16.7 Å². The summed E-state index contributed by atoms with van der Waals surface area (Å²) >= 11 is 7.47. The third-order valence-corrected chi connectivity index (χ3v) is 2.95. The number of amidine groups is 1. The van der Waals surface area contributed by atoms with Crippen LogP contribution < -0.4 is 0 Å². The average Bonchev–Trinajstić information content (AvgIpc) is 2.14. The molecule has 0 bridgehead atoms. The molecular weight excluding hydrogens is 216 g/mol. The Kier molecular flexibility index (Phi) is 4.29. The van der Waals surface area contributed by atoms with Gasteiger partial charge in [0.25, 0.3) is 0 Å². The van der Waals surface area contributed by atoms with Crippen molar-refractivity contribution in [3.8, 4) is 0 Å². The fourth-order valence-corrected chi connectivity index (χ4v) is 2.04. The first-order valence-electron chi connectivity index (χ1n) is 4.22. The molecule has 1 aromatic rings. The normalized spacial score (nSPS) is 9.93.